The number of rotatable bonds is 3. The monoisotopic (exact) mass is 396 g/mol. The minimum atomic E-state index is 0.0381. The number of hydrogen-bond acceptors (Lipinski definition) is 5. The molecular formula is C22H32N6O. The largest absolute Gasteiger partial charge is 0.354 e. The van der Waals surface area contributed by atoms with Crippen LogP contribution in [0.5, 0.6) is 0 Å². The van der Waals surface area contributed by atoms with Crippen molar-refractivity contribution in [3.8, 4) is 0 Å². The molecule has 2 aliphatic heterocycles. The van der Waals surface area contributed by atoms with Crippen molar-refractivity contribution in [1.82, 2.24) is 24.8 Å². The smallest absolute Gasteiger partial charge is 0.225 e. The first-order chi connectivity index (χ1) is 14.3. The first-order valence-corrected chi connectivity index (χ1v) is 11.5. The molecular weight excluding hydrogens is 364 g/mol. The molecule has 0 bridgehead atoms. The van der Waals surface area contributed by atoms with Crippen LogP contribution in [0.2, 0.25) is 0 Å². The molecule has 0 spiro atoms. The van der Waals surface area contributed by atoms with Crippen LogP contribution in [0.15, 0.2) is 6.33 Å². The van der Waals surface area contributed by atoms with Crippen LogP contribution in [0.1, 0.15) is 70.0 Å². The van der Waals surface area contributed by atoms with E-state index >= 15 is 0 Å². The Kier molecular flexibility index (Phi) is 5.38. The fourth-order valence-corrected chi connectivity index (χ4v) is 5.31. The maximum Gasteiger partial charge on any atom is 0.225 e. The molecule has 1 aliphatic carbocycles. The maximum atomic E-state index is 12.9. The first-order valence-electron chi connectivity index (χ1n) is 11.5. The van der Waals surface area contributed by atoms with Crippen LogP contribution in [0.4, 0.5) is 5.82 Å². The van der Waals surface area contributed by atoms with Crippen molar-refractivity contribution >= 4 is 22.9 Å². The lowest BCUT2D eigenvalue weighted by molar-refractivity contribution is -0.126. The van der Waals surface area contributed by atoms with E-state index in [9.17, 15) is 4.79 Å². The van der Waals surface area contributed by atoms with E-state index in [2.05, 4.69) is 24.8 Å². The number of nitrogens with zero attached hydrogens (tertiary/aromatic N) is 5. The second-order valence-corrected chi connectivity index (χ2v) is 8.99. The van der Waals surface area contributed by atoms with Crippen molar-refractivity contribution in [3.63, 3.8) is 0 Å². The average Bonchev–Trinajstić information content (AvgIpc) is 2.95. The number of amides is 1. The molecule has 0 unspecified atom stereocenters. The first kappa shape index (κ1) is 18.8. The van der Waals surface area contributed by atoms with Gasteiger partial charge >= 0.3 is 0 Å². The second-order valence-electron chi connectivity index (χ2n) is 8.99. The average molecular weight is 397 g/mol. The molecule has 156 valence electrons. The van der Waals surface area contributed by atoms with Gasteiger partial charge in [-0.3, -0.25) is 4.79 Å². The number of aryl methyl sites for hydroxylation is 2. The molecule has 2 fully saturated rings. The summed E-state index contributed by atoms with van der Waals surface area (Å²) in [6.45, 7) is 2.66. The third-order valence-corrected chi connectivity index (χ3v) is 6.92. The summed E-state index contributed by atoms with van der Waals surface area (Å²) in [5.41, 5.74) is 1.87. The van der Waals surface area contributed by atoms with Gasteiger partial charge in [0, 0.05) is 32.1 Å². The lowest BCUT2D eigenvalue weighted by Crippen LogP contribution is -2.46. The van der Waals surface area contributed by atoms with Gasteiger partial charge in [0.15, 0.2) is 17.0 Å². The van der Waals surface area contributed by atoms with Crippen molar-refractivity contribution < 1.29 is 4.79 Å². The molecule has 3 aliphatic rings. The predicted octanol–water partition coefficient (Wildman–Crippen LogP) is 3.22. The van der Waals surface area contributed by atoms with Gasteiger partial charge in [0.1, 0.15) is 12.2 Å². The number of carbonyl (C=O) groups is 1. The SMILES string of the molecule is O=C(NC1CCCCC1)[C@H]1CCCN(c2ncnc3c2nc2n3CCCCC2)C1. The molecule has 7 heteroatoms. The van der Waals surface area contributed by atoms with E-state index in [-0.39, 0.29) is 11.8 Å². The summed E-state index contributed by atoms with van der Waals surface area (Å²) < 4.78 is 2.28. The molecule has 2 aromatic heterocycles. The summed E-state index contributed by atoms with van der Waals surface area (Å²) in [6, 6.07) is 0.376. The van der Waals surface area contributed by atoms with Crippen molar-refractivity contribution in [3.05, 3.63) is 12.2 Å². The molecule has 1 amide bonds. The van der Waals surface area contributed by atoms with Gasteiger partial charge in [0.2, 0.25) is 5.91 Å². The highest BCUT2D eigenvalue weighted by Crippen LogP contribution is 2.29. The van der Waals surface area contributed by atoms with E-state index in [1.165, 1.54) is 38.5 Å². The van der Waals surface area contributed by atoms with Crippen molar-refractivity contribution in [2.24, 2.45) is 5.92 Å². The number of imidazole rings is 1. The number of fused-ring (bicyclic) bond motifs is 3. The number of aromatic nitrogens is 4. The molecule has 1 N–H and O–H groups in total. The van der Waals surface area contributed by atoms with Crippen LogP contribution in [-0.2, 0) is 17.8 Å². The highest BCUT2D eigenvalue weighted by Gasteiger charge is 2.30. The predicted molar refractivity (Wildman–Crippen MR) is 113 cm³/mol. The lowest BCUT2D eigenvalue weighted by atomic mass is 9.93. The second kappa shape index (κ2) is 8.28. The molecule has 29 heavy (non-hydrogen) atoms. The van der Waals surface area contributed by atoms with E-state index in [0.717, 1.165) is 74.5 Å². The van der Waals surface area contributed by atoms with E-state index in [1.807, 2.05) is 0 Å². The lowest BCUT2D eigenvalue weighted by Gasteiger charge is -2.34. The summed E-state index contributed by atoms with van der Waals surface area (Å²) in [5, 5.41) is 3.33. The number of hydrogen-bond donors (Lipinski definition) is 1. The fraction of sp³-hybridized carbons (Fsp3) is 0.727. The van der Waals surface area contributed by atoms with Gasteiger partial charge < -0.3 is 14.8 Å². The Hall–Kier alpha value is -2.18. The number of piperidine rings is 1. The number of anilines is 1. The number of nitrogens with one attached hydrogen (secondary N) is 1. The Morgan fingerprint density at radius 3 is 2.72 bits per heavy atom. The fourth-order valence-electron chi connectivity index (χ4n) is 5.31. The van der Waals surface area contributed by atoms with Crippen LogP contribution >= 0.6 is 0 Å². The minimum Gasteiger partial charge on any atom is -0.354 e. The van der Waals surface area contributed by atoms with Gasteiger partial charge in [0.05, 0.1) is 5.92 Å². The Balaban J connectivity index is 1.35. The van der Waals surface area contributed by atoms with E-state index in [4.69, 9.17) is 4.98 Å². The topological polar surface area (TPSA) is 75.9 Å². The maximum absolute atomic E-state index is 12.9. The minimum absolute atomic E-state index is 0.0381. The molecule has 0 aromatic carbocycles. The highest BCUT2D eigenvalue weighted by atomic mass is 16.2. The molecule has 0 radical (unpaired) electrons. The number of carbonyl (C=O) groups excluding carboxylic acids is 1. The van der Waals surface area contributed by atoms with Crippen molar-refractivity contribution in [2.45, 2.75) is 83.2 Å². The Labute approximate surface area is 172 Å². The molecule has 1 saturated heterocycles. The van der Waals surface area contributed by atoms with Crippen LogP contribution in [0.3, 0.4) is 0 Å². The molecule has 1 saturated carbocycles. The van der Waals surface area contributed by atoms with E-state index < -0.39 is 0 Å². The summed E-state index contributed by atoms with van der Waals surface area (Å²) in [4.78, 5) is 29.3. The van der Waals surface area contributed by atoms with Crippen LogP contribution in [0.25, 0.3) is 11.2 Å². The quantitative estimate of drug-likeness (QED) is 0.862. The summed E-state index contributed by atoms with van der Waals surface area (Å²) in [7, 11) is 0. The van der Waals surface area contributed by atoms with Crippen LogP contribution < -0.4 is 10.2 Å². The van der Waals surface area contributed by atoms with Gasteiger partial charge in [-0.1, -0.05) is 25.7 Å². The van der Waals surface area contributed by atoms with Crippen LogP contribution in [-0.4, -0.2) is 44.6 Å². The van der Waals surface area contributed by atoms with Crippen LogP contribution in [0, 0.1) is 5.92 Å². The standard InChI is InChI=1S/C22H32N6O/c29-22(25-17-9-3-1-4-10-17)16-8-7-12-27(14-16)20-19-21(24-15-23-20)28-13-6-2-5-11-18(28)26-19/h15-17H,1-14H2,(H,25,29)/t16-/m0/s1. The van der Waals surface area contributed by atoms with Gasteiger partial charge in [-0.15, -0.1) is 0 Å². The van der Waals surface area contributed by atoms with E-state index in [1.54, 1.807) is 6.33 Å². The summed E-state index contributed by atoms with van der Waals surface area (Å²) in [5.74, 6) is 2.32. The third-order valence-electron chi connectivity index (χ3n) is 6.92. The van der Waals surface area contributed by atoms with Gasteiger partial charge in [-0.05, 0) is 38.5 Å². The Morgan fingerprint density at radius 1 is 0.966 bits per heavy atom. The molecule has 2 aromatic rings. The molecule has 1 atom stereocenters. The Morgan fingerprint density at radius 2 is 1.83 bits per heavy atom. The van der Waals surface area contributed by atoms with Gasteiger partial charge in [0.25, 0.3) is 0 Å². The zero-order chi connectivity index (χ0) is 19.6. The molecule has 7 nitrogen and oxygen atoms in total. The van der Waals surface area contributed by atoms with Crippen molar-refractivity contribution in [2.75, 3.05) is 18.0 Å². The summed E-state index contributed by atoms with van der Waals surface area (Å²) in [6.07, 6.45) is 14.4. The van der Waals surface area contributed by atoms with Crippen molar-refractivity contribution in [1.29, 1.82) is 0 Å². The van der Waals surface area contributed by atoms with E-state index in [0.29, 0.717) is 6.04 Å². The molecule has 5 rings (SSSR count). The normalized spacial score (nSPS) is 23.6. The molecule has 4 heterocycles. The third kappa shape index (κ3) is 3.83. The zero-order valence-electron chi connectivity index (χ0n) is 17.3. The zero-order valence-corrected chi connectivity index (χ0v) is 17.3. The Bertz CT molecular complexity index is 872. The highest BCUT2D eigenvalue weighted by molar-refractivity contribution is 5.85. The van der Waals surface area contributed by atoms with Gasteiger partial charge in [-0.2, -0.15) is 0 Å². The van der Waals surface area contributed by atoms with Gasteiger partial charge in [-0.25, -0.2) is 15.0 Å². The summed E-state index contributed by atoms with van der Waals surface area (Å²) >= 11 is 0.